The predicted molar refractivity (Wildman–Crippen MR) is 95.3 cm³/mol. The van der Waals surface area contributed by atoms with Crippen LogP contribution in [0.25, 0.3) is 0 Å². The van der Waals surface area contributed by atoms with Crippen LogP contribution in [-0.2, 0) is 17.3 Å². The lowest BCUT2D eigenvalue weighted by atomic mass is 10.0. The molecule has 1 N–H and O–H groups in total. The Labute approximate surface area is 155 Å². The van der Waals surface area contributed by atoms with Crippen LogP contribution in [-0.4, -0.2) is 37.2 Å². The molecule has 0 unspecified atom stereocenters. The number of urea groups is 1. The van der Waals surface area contributed by atoms with Gasteiger partial charge in [0.05, 0.1) is 18.7 Å². The van der Waals surface area contributed by atoms with Crippen LogP contribution in [0.2, 0.25) is 0 Å². The van der Waals surface area contributed by atoms with E-state index in [2.05, 4.69) is 5.32 Å². The zero-order valence-electron chi connectivity index (χ0n) is 14.7. The highest BCUT2D eigenvalue weighted by Crippen LogP contribution is 2.31. The topological polar surface area (TPSA) is 41.6 Å². The number of rotatable bonds is 4. The van der Waals surface area contributed by atoms with Gasteiger partial charge in [-0.15, -0.1) is 0 Å². The first kappa shape index (κ1) is 19.2. The van der Waals surface area contributed by atoms with Gasteiger partial charge in [0.2, 0.25) is 0 Å². The fourth-order valence-corrected chi connectivity index (χ4v) is 3.13. The third-order valence-corrected chi connectivity index (χ3v) is 4.52. The standard InChI is InChI=1S/C20H21F3N2O2/c21-20(22,23)17-9-5-4-6-15(17)10-11-24-19(26)25-12-13-27-18(14-25)16-7-2-1-3-8-16/h1-9,18H,10-14H2,(H,24,26)/t18-/m1/s1. The van der Waals surface area contributed by atoms with Crippen LogP contribution in [0, 0.1) is 0 Å². The average molecular weight is 378 g/mol. The molecule has 0 radical (unpaired) electrons. The Balaban J connectivity index is 1.54. The smallest absolute Gasteiger partial charge is 0.370 e. The van der Waals surface area contributed by atoms with Crippen LogP contribution in [0.3, 0.4) is 0 Å². The quantitative estimate of drug-likeness (QED) is 0.873. The van der Waals surface area contributed by atoms with E-state index in [1.807, 2.05) is 30.3 Å². The molecule has 144 valence electrons. The molecule has 0 bridgehead atoms. The van der Waals surface area contributed by atoms with Gasteiger partial charge in [-0.2, -0.15) is 13.2 Å². The highest BCUT2D eigenvalue weighted by Gasteiger charge is 2.32. The summed E-state index contributed by atoms with van der Waals surface area (Å²) in [5, 5.41) is 2.72. The zero-order valence-corrected chi connectivity index (χ0v) is 14.7. The number of carbonyl (C=O) groups excluding carboxylic acids is 1. The Kier molecular flexibility index (Phi) is 6.01. The average Bonchev–Trinajstić information content (AvgIpc) is 2.68. The molecule has 27 heavy (non-hydrogen) atoms. The van der Waals surface area contributed by atoms with Gasteiger partial charge in [-0.05, 0) is 23.6 Å². The molecule has 0 aromatic heterocycles. The summed E-state index contributed by atoms with van der Waals surface area (Å²) >= 11 is 0. The van der Waals surface area contributed by atoms with Crippen molar-refractivity contribution in [3.05, 3.63) is 71.3 Å². The first-order valence-corrected chi connectivity index (χ1v) is 8.79. The van der Waals surface area contributed by atoms with Gasteiger partial charge in [-0.3, -0.25) is 0 Å². The molecule has 4 nitrogen and oxygen atoms in total. The van der Waals surface area contributed by atoms with E-state index < -0.39 is 11.7 Å². The Morgan fingerprint density at radius 1 is 1.11 bits per heavy atom. The summed E-state index contributed by atoms with van der Waals surface area (Å²) in [6.45, 7) is 1.42. The van der Waals surface area contributed by atoms with Crippen LogP contribution in [0.15, 0.2) is 54.6 Å². The number of carbonyl (C=O) groups is 1. The van der Waals surface area contributed by atoms with Crippen LogP contribution < -0.4 is 5.32 Å². The summed E-state index contributed by atoms with van der Waals surface area (Å²) in [6.07, 6.45) is -4.47. The van der Waals surface area contributed by atoms with Crippen molar-refractivity contribution in [2.45, 2.75) is 18.7 Å². The second-order valence-corrected chi connectivity index (χ2v) is 6.35. The number of benzene rings is 2. The monoisotopic (exact) mass is 378 g/mol. The van der Waals surface area contributed by atoms with Crippen molar-refractivity contribution in [1.29, 1.82) is 0 Å². The molecule has 2 aromatic rings. The van der Waals surface area contributed by atoms with Crippen LogP contribution in [0.4, 0.5) is 18.0 Å². The molecule has 2 aromatic carbocycles. The number of halogens is 3. The maximum atomic E-state index is 13.0. The fourth-order valence-electron chi connectivity index (χ4n) is 3.13. The molecule has 1 aliphatic heterocycles. The highest BCUT2D eigenvalue weighted by molar-refractivity contribution is 5.74. The lowest BCUT2D eigenvalue weighted by Crippen LogP contribution is -2.47. The van der Waals surface area contributed by atoms with E-state index in [-0.39, 0.29) is 30.7 Å². The number of ether oxygens (including phenoxy) is 1. The summed E-state index contributed by atoms with van der Waals surface area (Å²) in [5.41, 5.74) is 0.512. The molecular weight excluding hydrogens is 357 g/mol. The van der Waals surface area contributed by atoms with Gasteiger partial charge in [-0.1, -0.05) is 48.5 Å². The summed E-state index contributed by atoms with van der Waals surface area (Å²) in [7, 11) is 0. The number of amides is 2. The van der Waals surface area contributed by atoms with Crippen molar-refractivity contribution in [1.82, 2.24) is 10.2 Å². The van der Waals surface area contributed by atoms with Gasteiger partial charge in [0.25, 0.3) is 0 Å². The second-order valence-electron chi connectivity index (χ2n) is 6.35. The molecule has 1 aliphatic rings. The molecular formula is C20H21F3N2O2. The van der Waals surface area contributed by atoms with E-state index in [9.17, 15) is 18.0 Å². The van der Waals surface area contributed by atoms with E-state index in [4.69, 9.17) is 4.74 Å². The van der Waals surface area contributed by atoms with Gasteiger partial charge in [-0.25, -0.2) is 4.79 Å². The third-order valence-electron chi connectivity index (χ3n) is 4.52. The van der Waals surface area contributed by atoms with Crippen LogP contribution >= 0.6 is 0 Å². The third kappa shape index (κ3) is 5.01. The van der Waals surface area contributed by atoms with Crippen molar-refractivity contribution >= 4 is 6.03 Å². The summed E-state index contributed by atoms with van der Waals surface area (Å²) < 4.78 is 44.8. The highest BCUT2D eigenvalue weighted by atomic mass is 19.4. The number of hydrogen-bond acceptors (Lipinski definition) is 2. The van der Waals surface area contributed by atoms with Crippen molar-refractivity contribution < 1.29 is 22.7 Å². The minimum atomic E-state index is -4.40. The molecule has 0 spiro atoms. The molecule has 3 rings (SSSR count). The molecule has 1 heterocycles. The van der Waals surface area contributed by atoms with Crippen molar-refractivity contribution in [2.75, 3.05) is 26.2 Å². The Hall–Kier alpha value is -2.54. The van der Waals surface area contributed by atoms with Gasteiger partial charge in [0, 0.05) is 13.1 Å². The zero-order chi connectivity index (χ0) is 19.3. The largest absolute Gasteiger partial charge is 0.416 e. The minimum absolute atomic E-state index is 0.119. The molecule has 0 saturated carbocycles. The Bertz CT molecular complexity index is 765. The molecule has 1 atom stereocenters. The maximum Gasteiger partial charge on any atom is 0.416 e. The number of hydrogen-bond donors (Lipinski definition) is 1. The Morgan fingerprint density at radius 3 is 2.56 bits per heavy atom. The van der Waals surface area contributed by atoms with E-state index in [0.717, 1.165) is 11.6 Å². The first-order valence-electron chi connectivity index (χ1n) is 8.79. The number of nitrogens with one attached hydrogen (secondary N) is 1. The lowest BCUT2D eigenvalue weighted by molar-refractivity contribution is -0.138. The number of alkyl halides is 3. The summed E-state index contributed by atoms with van der Waals surface area (Å²) in [5.74, 6) is 0. The second kappa shape index (κ2) is 8.43. The van der Waals surface area contributed by atoms with Crippen molar-refractivity contribution in [3.8, 4) is 0 Å². The molecule has 1 saturated heterocycles. The van der Waals surface area contributed by atoms with Crippen LogP contribution in [0.5, 0.6) is 0 Å². The Morgan fingerprint density at radius 2 is 1.81 bits per heavy atom. The summed E-state index contributed by atoms with van der Waals surface area (Å²) in [4.78, 5) is 14.0. The van der Waals surface area contributed by atoms with Gasteiger partial charge >= 0.3 is 12.2 Å². The summed E-state index contributed by atoms with van der Waals surface area (Å²) in [6, 6.07) is 14.8. The lowest BCUT2D eigenvalue weighted by Gasteiger charge is -2.33. The number of morpholine rings is 1. The molecule has 2 amide bonds. The van der Waals surface area contributed by atoms with Crippen molar-refractivity contribution in [3.63, 3.8) is 0 Å². The van der Waals surface area contributed by atoms with E-state index >= 15 is 0 Å². The van der Waals surface area contributed by atoms with E-state index in [1.54, 1.807) is 11.0 Å². The van der Waals surface area contributed by atoms with Crippen molar-refractivity contribution in [2.24, 2.45) is 0 Å². The number of nitrogens with zero attached hydrogens (tertiary/aromatic N) is 1. The molecule has 1 fully saturated rings. The van der Waals surface area contributed by atoms with E-state index in [0.29, 0.717) is 19.7 Å². The minimum Gasteiger partial charge on any atom is -0.370 e. The SMILES string of the molecule is O=C(NCCc1ccccc1C(F)(F)F)N1CCO[C@@H](c2ccccc2)C1. The normalized spacial score (nSPS) is 17.6. The fraction of sp³-hybridized carbons (Fsp3) is 0.350. The van der Waals surface area contributed by atoms with Gasteiger partial charge in [0.1, 0.15) is 6.10 Å². The van der Waals surface area contributed by atoms with E-state index in [1.165, 1.54) is 12.1 Å². The van der Waals surface area contributed by atoms with Gasteiger partial charge in [0.15, 0.2) is 0 Å². The first-order chi connectivity index (χ1) is 12.9. The molecule has 0 aliphatic carbocycles. The van der Waals surface area contributed by atoms with Gasteiger partial charge < -0.3 is 15.0 Å². The maximum absolute atomic E-state index is 13.0. The van der Waals surface area contributed by atoms with Crippen LogP contribution in [0.1, 0.15) is 22.8 Å². The predicted octanol–water partition coefficient (Wildman–Crippen LogP) is 4.03. The molecule has 7 heteroatoms.